The van der Waals surface area contributed by atoms with E-state index in [0.29, 0.717) is 25.2 Å². The van der Waals surface area contributed by atoms with Gasteiger partial charge in [-0.15, -0.1) is 0 Å². The molecule has 0 radical (unpaired) electrons. The predicted octanol–water partition coefficient (Wildman–Crippen LogP) is 2.44. The number of carbonyl (C=O) groups is 1. The van der Waals surface area contributed by atoms with Gasteiger partial charge in [0.15, 0.2) is 5.69 Å². The Bertz CT molecular complexity index is 579. The van der Waals surface area contributed by atoms with Gasteiger partial charge in [0.05, 0.1) is 5.60 Å². The third kappa shape index (κ3) is 3.22. The number of nitrogens with zero attached hydrogens (tertiary/aromatic N) is 2. The number of hydrogen-bond acceptors (Lipinski definition) is 5. The third-order valence-electron chi connectivity index (χ3n) is 5.66. The number of rotatable bonds is 3. The number of likely N-dealkylation sites (tertiary alicyclic amines) is 1. The van der Waals surface area contributed by atoms with Gasteiger partial charge in [-0.3, -0.25) is 4.79 Å². The fourth-order valence-corrected chi connectivity index (χ4v) is 3.95. The normalized spacial score (nSPS) is 29.2. The van der Waals surface area contributed by atoms with Crippen LogP contribution in [0.3, 0.4) is 0 Å². The molecule has 6 heteroatoms. The molecule has 2 aliphatic rings. The Kier molecular flexibility index (Phi) is 4.97. The van der Waals surface area contributed by atoms with Crippen LogP contribution in [0.4, 0.5) is 0 Å². The van der Waals surface area contributed by atoms with Gasteiger partial charge >= 0.3 is 0 Å². The highest BCUT2D eigenvalue weighted by molar-refractivity contribution is 5.92. The Labute approximate surface area is 143 Å². The van der Waals surface area contributed by atoms with Gasteiger partial charge < -0.3 is 19.3 Å². The first kappa shape index (κ1) is 17.4. The molecule has 0 unspecified atom stereocenters. The minimum absolute atomic E-state index is 0.0368. The van der Waals surface area contributed by atoms with Crippen molar-refractivity contribution in [1.29, 1.82) is 0 Å². The van der Waals surface area contributed by atoms with Crippen molar-refractivity contribution in [2.75, 3.05) is 26.3 Å². The van der Waals surface area contributed by atoms with Gasteiger partial charge in [0, 0.05) is 44.2 Å². The van der Waals surface area contributed by atoms with Crippen molar-refractivity contribution in [3.05, 3.63) is 17.5 Å². The summed E-state index contributed by atoms with van der Waals surface area (Å²) in [5.41, 5.74) is -0.338. The molecule has 0 bridgehead atoms. The second-order valence-corrected chi connectivity index (χ2v) is 7.55. The molecule has 134 valence electrons. The van der Waals surface area contributed by atoms with E-state index in [1.54, 1.807) is 11.0 Å². The molecule has 2 saturated heterocycles. The monoisotopic (exact) mass is 336 g/mol. The second-order valence-electron chi connectivity index (χ2n) is 7.55. The van der Waals surface area contributed by atoms with Crippen molar-refractivity contribution < 1.29 is 19.2 Å². The molecule has 2 atom stereocenters. The molecule has 1 amide bonds. The summed E-state index contributed by atoms with van der Waals surface area (Å²) in [6, 6.07) is 1.73. The van der Waals surface area contributed by atoms with E-state index in [9.17, 15) is 9.90 Å². The summed E-state index contributed by atoms with van der Waals surface area (Å²) in [5, 5.41) is 15.1. The van der Waals surface area contributed by atoms with Gasteiger partial charge in [-0.1, -0.05) is 25.9 Å². The Hall–Kier alpha value is -1.40. The maximum absolute atomic E-state index is 12.7. The van der Waals surface area contributed by atoms with Gasteiger partial charge in [0.1, 0.15) is 5.76 Å². The summed E-state index contributed by atoms with van der Waals surface area (Å²) in [5.74, 6) is 1.12. The molecule has 2 fully saturated rings. The summed E-state index contributed by atoms with van der Waals surface area (Å²) in [7, 11) is 0. The number of piperidine rings is 1. The highest BCUT2D eigenvalue weighted by atomic mass is 16.5. The molecule has 24 heavy (non-hydrogen) atoms. The molecule has 0 aliphatic carbocycles. The number of ether oxygens (including phenoxy) is 1. The predicted molar refractivity (Wildman–Crippen MR) is 88.8 cm³/mol. The maximum atomic E-state index is 12.7. The van der Waals surface area contributed by atoms with E-state index in [1.165, 1.54) is 0 Å². The second kappa shape index (κ2) is 6.84. The lowest BCUT2D eigenvalue weighted by atomic mass is 9.70. The van der Waals surface area contributed by atoms with Crippen molar-refractivity contribution in [3.63, 3.8) is 0 Å². The van der Waals surface area contributed by atoms with E-state index in [0.717, 1.165) is 31.8 Å². The molecule has 0 aromatic carbocycles. The molecule has 3 heterocycles. The van der Waals surface area contributed by atoms with E-state index in [-0.39, 0.29) is 23.7 Å². The molecule has 1 aromatic rings. The van der Waals surface area contributed by atoms with Gasteiger partial charge in [0.25, 0.3) is 5.91 Å². The van der Waals surface area contributed by atoms with Gasteiger partial charge in [-0.2, -0.15) is 0 Å². The quantitative estimate of drug-likeness (QED) is 0.917. The largest absolute Gasteiger partial charge is 0.389 e. The first-order valence-corrected chi connectivity index (χ1v) is 8.98. The third-order valence-corrected chi connectivity index (χ3v) is 5.66. The van der Waals surface area contributed by atoms with Crippen LogP contribution >= 0.6 is 0 Å². The fourth-order valence-electron chi connectivity index (χ4n) is 3.95. The van der Waals surface area contributed by atoms with Crippen molar-refractivity contribution in [3.8, 4) is 0 Å². The maximum Gasteiger partial charge on any atom is 0.276 e. The molecule has 1 aromatic heterocycles. The minimum Gasteiger partial charge on any atom is -0.389 e. The van der Waals surface area contributed by atoms with Crippen LogP contribution in [0.15, 0.2) is 10.6 Å². The van der Waals surface area contributed by atoms with E-state index in [2.05, 4.69) is 5.16 Å². The number of aromatic nitrogens is 1. The molecule has 6 nitrogen and oxygen atoms in total. The first-order chi connectivity index (χ1) is 11.4. The molecule has 2 aliphatic heterocycles. The van der Waals surface area contributed by atoms with Crippen LogP contribution in [-0.4, -0.2) is 53.0 Å². The highest BCUT2D eigenvalue weighted by Gasteiger charge is 2.46. The summed E-state index contributed by atoms with van der Waals surface area (Å²) in [6.45, 7) is 8.60. The topological polar surface area (TPSA) is 75.8 Å². The smallest absolute Gasteiger partial charge is 0.276 e. The molecule has 0 spiro atoms. The lowest BCUT2D eigenvalue weighted by Crippen LogP contribution is -2.56. The zero-order chi connectivity index (χ0) is 17.3. The highest BCUT2D eigenvalue weighted by Crippen LogP contribution is 2.39. The van der Waals surface area contributed by atoms with E-state index < -0.39 is 5.60 Å². The molecular weight excluding hydrogens is 308 g/mol. The summed E-state index contributed by atoms with van der Waals surface area (Å²) < 4.78 is 10.7. The van der Waals surface area contributed by atoms with Crippen molar-refractivity contribution >= 4 is 5.91 Å². The first-order valence-electron chi connectivity index (χ1n) is 8.98. The van der Waals surface area contributed by atoms with Crippen LogP contribution in [0.5, 0.6) is 0 Å². The summed E-state index contributed by atoms with van der Waals surface area (Å²) in [4.78, 5) is 14.5. The Morgan fingerprint density at radius 1 is 1.42 bits per heavy atom. The number of aliphatic hydroxyl groups is 1. The van der Waals surface area contributed by atoms with E-state index in [4.69, 9.17) is 9.26 Å². The van der Waals surface area contributed by atoms with Crippen LogP contribution in [0.25, 0.3) is 0 Å². The SMILES string of the molecule is CC(C)c1cc(C(=O)N2CC[C@@](O)(C3CCOCC3)[C@H](C)C2)no1. The van der Waals surface area contributed by atoms with Crippen LogP contribution < -0.4 is 0 Å². The summed E-state index contributed by atoms with van der Waals surface area (Å²) >= 11 is 0. The fraction of sp³-hybridized carbons (Fsp3) is 0.778. The van der Waals surface area contributed by atoms with Crippen molar-refractivity contribution in [2.45, 2.75) is 51.6 Å². The average molecular weight is 336 g/mol. The van der Waals surface area contributed by atoms with Gasteiger partial charge in [0.2, 0.25) is 0 Å². The average Bonchev–Trinajstić information content (AvgIpc) is 3.08. The van der Waals surface area contributed by atoms with Crippen LogP contribution in [0.2, 0.25) is 0 Å². The molecular formula is C18H28N2O4. The van der Waals surface area contributed by atoms with Gasteiger partial charge in [-0.05, 0) is 25.2 Å². The molecule has 0 saturated carbocycles. The Morgan fingerprint density at radius 2 is 2.12 bits per heavy atom. The zero-order valence-corrected chi connectivity index (χ0v) is 14.8. The minimum atomic E-state index is -0.701. The number of amides is 1. The standard InChI is InChI=1S/C18H28N2O4/c1-12(2)16-10-15(19-24-16)17(21)20-7-6-18(22,13(3)11-20)14-4-8-23-9-5-14/h10,12-14,22H,4-9,11H2,1-3H3/t13-,18+/m1/s1. The van der Waals surface area contributed by atoms with E-state index >= 15 is 0 Å². The molecule has 3 rings (SSSR count). The Morgan fingerprint density at radius 3 is 2.71 bits per heavy atom. The van der Waals surface area contributed by atoms with Crippen LogP contribution in [-0.2, 0) is 4.74 Å². The molecule has 1 N–H and O–H groups in total. The van der Waals surface area contributed by atoms with Crippen LogP contribution in [0.1, 0.15) is 62.2 Å². The number of hydrogen-bond donors (Lipinski definition) is 1. The van der Waals surface area contributed by atoms with Crippen molar-refractivity contribution in [2.24, 2.45) is 11.8 Å². The lowest BCUT2D eigenvalue weighted by Gasteiger charge is -2.48. The Balaban J connectivity index is 1.66. The summed E-state index contributed by atoms with van der Waals surface area (Å²) in [6.07, 6.45) is 2.41. The van der Waals surface area contributed by atoms with Crippen molar-refractivity contribution in [1.82, 2.24) is 10.1 Å². The van der Waals surface area contributed by atoms with E-state index in [1.807, 2.05) is 20.8 Å². The van der Waals surface area contributed by atoms with Crippen LogP contribution in [0, 0.1) is 11.8 Å². The zero-order valence-electron chi connectivity index (χ0n) is 14.8. The van der Waals surface area contributed by atoms with Gasteiger partial charge in [-0.25, -0.2) is 0 Å². The lowest BCUT2D eigenvalue weighted by molar-refractivity contribution is -0.125. The number of carbonyl (C=O) groups excluding carboxylic acids is 1.